The number of para-hydroxylation sites is 1. The molecule has 0 aliphatic carbocycles. The lowest BCUT2D eigenvalue weighted by Gasteiger charge is -2.07. The van der Waals surface area contributed by atoms with E-state index in [0.29, 0.717) is 11.5 Å². The minimum atomic E-state index is -1.12. The smallest absolute Gasteiger partial charge is 0.342 e. The Morgan fingerprint density at radius 1 is 1.33 bits per heavy atom. The maximum Gasteiger partial charge on any atom is 0.342 e. The number of carboxylic acids is 1. The van der Waals surface area contributed by atoms with Crippen molar-refractivity contribution in [1.29, 1.82) is 0 Å². The van der Waals surface area contributed by atoms with Crippen molar-refractivity contribution in [2.75, 3.05) is 0 Å². The first-order valence-corrected chi connectivity index (χ1v) is 6.77. The van der Waals surface area contributed by atoms with Crippen LogP contribution in [-0.4, -0.2) is 30.2 Å². The molecule has 0 fully saturated rings. The van der Waals surface area contributed by atoms with E-state index in [9.17, 15) is 9.90 Å². The third-order valence-corrected chi connectivity index (χ3v) is 3.34. The maximum absolute atomic E-state index is 11.3. The fraction of sp³-hybridized carbons (Fsp3) is 0.0769. The Labute approximate surface area is 123 Å². The van der Waals surface area contributed by atoms with E-state index in [1.807, 2.05) is 18.2 Å². The number of hydrogen-bond acceptors (Lipinski definition) is 6. The number of ether oxygens (including phenoxy) is 1. The molecule has 0 saturated heterocycles. The van der Waals surface area contributed by atoms with Crippen molar-refractivity contribution < 1.29 is 14.6 Å². The highest BCUT2D eigenvalue weighted by Gasteiger charge is 2.21. The number of aryl methyl sites for hydroxylation is 1. The van der Waals surface area contributed by atoms with Crippen LogP contribution in [0.4, 0.5) is 0 Å². The third kappa shape index (κ3) is 2.61. The zero-order valence-electron chi connectivity index (χ0n) is 10.9. The summed E-state index contributed by atoms with van der Waals surface area (Å²) in [5, 5.41) is 13.6. The van der Waals surface area contributed by atoms with Crippen LogP contribution in [0, 0.1) is 6.92 Å². The number of nitrogens with zero attached hydrogens (tertiary/aromatic N) is 4. The summed E-state index contributed by atoms with van der Waals surface area (Å²) in [6.45, 7) is 1.73. The van der Waals surface area contributed by atoms with Gasteiger partial charge < -0.3 is 9.84 Å². The second-order valence-corrected chi connectivity index (χ2v) is 4.84. The van der Waals surface area contributed by atoms with Crippen LogP contribution >= 0.6 is 11.5 Å². The van der Waals surface area contributed by atoms with Gasteiger partial charge in [-0.1, -0.05) is 18.2 Å². The molecule has 2 heterocycles. The molecule has 1 N–H and O–H groups in total. The third-order valence-electron chi connectivity index (χ3n) is 2.65. The summed E-state index contributed by atoms with van der Waals surface area (Å²) in [6, 6.07) is 9.13. The Balaban J connectivity index is 2.07. The van der Waals surface area contributed by atoms with Crippen molar-refractivity contribution >= 4 is 17.5 Å². The largest absolute Gasteiger partial charge is 0.477 e. The van der Waals surface area contributed by atoms with E-state index in [0.717, 1.165) is 11.5 Å². The summed E-state index contributed by atoms with van der Waals surface area (Å²) in [5.74, 6) is -0.448. The molecule has 3 rings (SSSR count). The highest BCUT2D eigenvalue weighted by atomic mass is 32.1. The van der Waals surface area contributed by atoms with Gasteiger partial charge in [0.15, 0.2) is 0 Å². The standard InChI is InChI=1S/C13H10N4O3S/c1-8-15-13(21-16-8)20-11-10(12(18)19)7-14-17(11)9-5-3-2-4-6-9/h2-7H,1H3,(H,18,19). The lowest BCUT2D eigenvalue weighted by Crippen LogP contribution is -2.03. The fourth-order valence-electron chi connectivity index (χ4n) is 1.74. The number of hydrogen-bond donors (Lipinski definition) is 1. The molecule has 7 nitrogen and oxygen atoms in total. The van der Waals surface area contributed by atoms with Gasteiger partial charge in [0.05, 0.1) is 11.9 Å². The quantitative estimate of drug-likeness (QED) is 0.796. The number of rotatable bonds is 4. The molecule has 0 unspecified atom stereocenters. The second kappa shape index (κ2) is 5.33. The minimum Gasteiger partial charge on any atom is -0.477 e. The molecule has 0 bridgehead atoms. The van der Waals surface area contributed by atoms with Gasteiger partial charge in [-0.15, -0.1) is 0 Å². The zero-order chi connectivity index (χ0) is 14.8. The van der Waals surface area contributed by atoms with E-state index < -0.39 is 5.97 Å². The number of benzene rings is 1. The van der Waals surface area contributed by atoms with Gasteiger partial charge in [0.1, 0.15) is 11.4 Å². The van der Waals surface area contributed by atoms with Gasteiger partial charge in [-0.25, -0.2) is 4.79 Å². The minimum absolute atomic E-state index is 0.0355. The van der Waals surface area contributed by atoms with E-state index in [2.05, 4.69) is 14.5 Å². The molecule has 106 valence electrons. The molecule has 0 saturated carbocycles. The van der Waals surface area contributed by atoms with Gasteiger partial charge in [-0.2, -0.15) is 19.1 Å². The van der Waals surface area contributed by atoms with Crippen LogP contribution in [-0.2, 0) is 0 Å². The first-order valence-electron chi connectivity index (χ1n) is 6.00. The van der Waals surface area contributed by atoms with Crippen molar-refractivity contribution in [2.45, 2.75) is 6.92 Å². The Morgan fingerprint density at radius 3 is 2.71 bits per heavy atom. The van der Waals surface area contributed by atoms with Crippen molar-refractivity contribution in [3.05, 3.63) is 47.9 Å². The normalized spacial score (nSPS) is 10.5. The predicted molar refractivity (Wildman–Crippen MR) is 75.2 cm³/mol. The van der Waals surface area contributed by atoms with E-state index in [1.54, 1.807) is 19.1 Å². The Bertz CT molecular complexity index is 782. The summed E-state index contributed by atoms with van der Waals surface area (Å²) in [5.41, 5.74) is 0.660. The summed E-state index contributed by atoms with van der Waals surface area (Å²) in [4.78, 5) is 15.4. The Kier molecular flexibility index (Phi) is 3.36. The average molecular weight is 302 g/mol. The molecular weight excluding hydrogens is 292 g/mol. The van der Waals surface area contributed by atoms with Crippen LogP contribution in [0.2, 0.25) is 0 Å². The van der Waals surface area contributed by atoms with Crippen molar-refractivity contribution in [1.82, 2.24) is 19.1 Å². The number of carboxylic acid groups (broad SMARTS) is 1. The van der Waals surface area contributed by atoms with Gasteiger partial charge in [0.25, 0.3) is 5.19 Å². The van der Waals surface area contributed by atoms with Gasteiger partial charge in [0, 0.05) is 11.5 Å². The first-order chi connectivity index (χ1) is 10.1. The van der Waals surface area contributed by atoms with Crippen molar-refractivity contribution in [3.63, 3.8) is 0 Å². The molecule has 0 aliphatic heterocycles. The first kappa shape index (κ1) is 13.3. The maximum atomic E-state index is 11.3. The lowest BCUT2D eigenvalue weighted by atomic mass is 10.3. The average Bonchev–Trinajstić information content (AvgIpc) is 3.07. The van der Waals surface area contributed by atoms with Crippen molar-refractivity contribution in [2.24, 2.45) is 0 Å². The van der Waals surface area contributed by atoms with Gasteiger partial charge in [-0.3, -0.25) is 0 Å². The van der Waals surface area contributed by atoms with E-state index in [1.165, 1.54) is 10.9 Å². The lowest BCUT2D eigenvalue weighted by molar-refractivity contribution is 0.0694. The van der Waals surface area contributed by atoms with Crippen LogP contribution in [0.5, 0.6) is 11.1 Å². The molecule has 0 radical (unpaired) electrons. The Morgan fingerprint density at radius 2 is 2.10 bits per heavy atom. The molecule has 0 atom stereocenters. The summed E-state index contributed by atoms with van der Waals surface area (Å²) < 4.78 is 11.0. The predicted octanol–water partition coefficient (Wildman–Crippen LogP) is 2.52. The highest BCUT2D eigenvalue weighted by molar-refractivity contribution is 7.07. The number of aromatic carboxylic acids is 1. The van der Waals surface area contributed by atoms with E-state index >= 15 is 0 Å². The molecule has 8 heteroatoms. The van der Waals surface area contributed by atoms with Gasteiger partial charge in [-0.05, 0) is 19.1 Å². The molecule has 0 spiro atoms. The van der Waals surface area contributed by atoms with Crippen LogP contribution in [0.3, 0.4) is 0 Å². The molecule has 2 aromatic heterocycles. The zero-order valence-corrected chi connectivity index (χ0v) is 11.7. The SMILES string of the molecule is Cc1nsc(Oc2c(C(=O)O)cnn2-c2ccccc2)n1. The molecular formula is C13H10N4O3S. The van der Waals surface area contributed by atoms with Crippen LogP contribution in [0.1, 0.15) is 16.2 Å². The van der Waals surface area contributed by atoms with Crippen LogP contribution < -0.4 is 4.74 Å². The van der Waals surface area contributed by atoms with Crippen LogP contribution in [0.25, 0.3) is 5.69 Å². The van der Waals surface area contributed by atoms with Crippen molar-refractivity contribution in [3.8, 4) is 16.8 Å². The molecule has 21 heavy (non-hydrogen) atoms. The van der Waals surface area contributed by atoms with Gasteiger partial charge >= 0.3 is 5.97 Å². The van der Waals surface area contributed by atoms with Crippen LogP contribution in [0.15, 0.2) is 36.5 Å². The molecule has 0 amide bonds. The topological polar surface area (TPSA) is 90.1 Å². The summed E-state index contributed by atoms with van der Waals surface area (Å²) in [7, 11) is 0. The molecule has 1 aromatic carbocycles. The van der Waals surface area contributed by atoms with E-state index in [4.69, 9.17) is 4.74 Å². The monoisotopic (exact) mass is 302 g/mol. The van der Waals surface area contributed by atoms with Gasteiger partial charge in [0.2, 0.25) is 5.88 Å². The molecule has 0 aliphatic rings. The second-order valence-electron chi connectivity index (χ2n) is 4.13. The summed E-state index contributed by atoms with van der Waals surface area (Å²) >= 11 is 1.05. The highest BCUT2D eigenvalue weighted by Crippen LogP contribution is 2.29. The molecule has 3 aromatic rings. The van der Waals surface area contributed by atoms with E-state index in [-0.39, 0.29) is 16.6 Å². The Hall–Kier alpha value is -2.74. The number of carbonyl (C=O) groups is 1. The summed E-state index contributed by atoms with van der Waals surface area (Å²) in [6.07, 6.45) is 1.25. The fourth-order valence-corrected chi connectivity index (χ4v) is 2.28. The number of aromatic nitrogens is 4.